The average Bonchev–Trinajstić information content (AvgIpc) is 3.29. The summed E-state index contributed by atoms with van der Waals surface area (Å²) < 4.78 is 0. The Morgan fingerprint density at radius 3 is 2.29 bits per heavy atom. The van der Waals surface area contributed by atoms with Crippen LogP contribution in [0, 0.1) is 28.6 Å². The molecule has 1 aromatic rings. The van der Waals surface area contributed by atoms with Crippen molar-refractivity contribution in [2.75, 3.05) is 0 Å². The van der Waals surface area contributed by atoms with Gasteiger partial charge in [-0.2, -0.15) is 11.3 Å². The van der Waals surface area contributed by atoms with Crippen LogP contribution in [-0.2, 0) is 12.8 Å². The van der Waals surface area contributed by atoms with Crippen molar-refractivity contribution >= 4 is 11.3 Å². The van der Waals surface area contributed by atoms with Crippen LogP contribution in [0.1, 0.15) is 105 Å². The molecule has 6 atom stereocenters. The van der Waals surface area contributed by atoms with Crippen molar-refractivity contribution < 1.29 is 5.11 Å². The zero-order chi connectivity index (χ0) is 20.9. The second-order valence-electron chi connectivity index (χ2n) is 9.51. The SMILES string of the molecule is CC.CC.CCc1cscc1CC1(C)CCCC2C1CCC1(C)C(O)CCC21. The Hall–Kier alpha value is -0.340. The molecule has 2 heteroatoms. The van der Waals surface area contributed by atoms with Crippen molar-refractivity contribution in [2.24, 2.45) is 28.6 Å². The lowest BCUT2D eigenvalue weighted by atomic mass is 9.49. The van der Waals surface area contributed by atoms with Crippen LogP contribution in [-0.4, -0.2) is 11.2 Å². The molecular weight excluding hydrogens is 360 g/mol. The van der Waals surface area contributed by atoms with Gasteiger partial charge in [0.2, 0.25) is 0 Å². The fourth-order valence-corrected chi connectivity index (χ4v) is 7.87. The summed E-state index contributed by atoms with van der Waals surface area (Å²) in [6, 6.07) is 0. The Kier molecular flexibility index (Phi) is 8.65. The van der Waals surface area contributed by atoms with Gasteiger partial charge in [-0.1, -0.05) is 54.9 Å². The molecule has 1 heterocycles. The lowest BCUT2D eigenvalue weighted by Gasteiger charge is -2.56. The predicted molar refractivity (Wildman–Crippen MR) is 125 cm³/mol. The van der Waals surface area contributed by atoms with Crippen molar-refractivity contribution in [3.05, 3.63) is 21.9 Å². The molecule has 1 aromatic heterocycles. The van der Waals surface area contributed by atoms with E-state index in [0.29, 0.717) is 5.41 Å². The molecule has 3 saturated carbocycles. The smallest absolute Gasteiger partial charge is 0.0596 e. The normalized spacial score (nSPS) is 39.0. The van der Waals surface area contributed by atoms with Crippen LogP contribution < -0.4 is 0 Å². The van der Waals surface area contributed by atoms with Gasteiger partial charge in [0.15, 0.2) is 0 Å². The highest BCUT2D eigenvalue weighted by atomic mass is 32.1. The summed E-state index contributed by atoms with van der Waals surface area (Å²) in [5, 5.41) is 15.4. The molecule has 0 radical (unpaired) electrons. The summed E-state index contributed by atoms with van der Waals surface area (Å²) in [6.45, 7) is 15.3. The monoisotopic (exact) mass is 406 g/mol. The molecule has 162 valence electrons. The second-order valence-corrected chi connectivity index (χ2v) is 10.3. The number of hydrogen-bond acceptors (Lipinski definition) is 2. The van der Waals surface area contributed by atoms with Gasteiger partial charge in [0.25, 0.3) is 0 Å². The number of thiophene rings is 1. The maximum Gasteiger partial charge on any atom is 0.0596 e. The number of aryl methyl sites for hydroxylation is 1. The molecule has 0 saturated heterocycles. The number of fused-ring (bicyclic) bond motifs is 3. The lowest BCUT2D eigenvalue weighted by Crippen LogP contribution is -2.50. The van der Waals surface area contributed by atoms with Gasteiger partial charge in [-0.3, -0.25) is 0 Å². The fraction of sp³-hybridized carbons (Fsp3) is 0.846. The van der Waals surface area contributed by atoms with Gasteiger partial charge in [-0.05, 0) is 102 Å². The van der Waals surface area contributed by atoms with E-state index >= 15 is 0 Å². The molecule has 6 unspecified atom stereocenters. The topological polar surface area (TPSA) is 20.2 Å². The Morgan fingerprint density at radius 2 is 1.61 bits per heavy atom. The third kappa shape index (κ3) is 4.24. The maximum absolute atomic E-state index is 10.6. The molecule has 1 nitrogen and oxygen atoms in total. The molecular formula is C26H46OS. The van der Waals surface area contributed by atoms with Gasteiger partial charge in [-0.25, -0.2) is 0 Å². The molecule has 0 spiro atoms. The van der Waals surface area contributed by atoms with Gasteiger partial charge in [0.05, 0.1) is 6.10 Å². The number of rotatable bonds is 3. The summed E-state index contributed by atoms with van der Waals surface area (Å²) in [5.41, 5.74) is 3.91. The van der Waals surface area contributed by atoms with Crippen molar-refractivity contribution in [3.63, 3.8) is 0 Å². The summed E-state index contributed by atoms with van der Waals surface area (Å²) in [7, 11) is 0. The first-order chi connectivity index (χ1) is 13.5. The van der Waals surface area contributed by atoms with Crippen LogP contribution in [0.2, 0.25) is 0 Å². The van der Waals surface area contributed by atoms with E-state index < -0.39 is 0 Å². The molecule has 0 bridgehead atoms. The molecule has 0 aliphatic heterocycles. The summed E-state index contributed by atoms with van der Waals surface area (Å²) >= 11 is 1.89. The van der Waals surface area contributed by atoms with Crippen LogP contribution in [0.15, 0.2) is 10.8 Å². The minimum atomic E-state index is -0.0415. The van der Waals surface area contributed by atoms with E-state index in [4.69, 9.17) is 0 Å². The Morgan fingerprint density at radius 1 is 0.929 bits per heavy atom. The predicted octanol–water partition coefficient (Wildman–Crippen LogP) is 7.90. The maximum atomic E-state index is 10.6. The van der Waals surface area contributed by atoms with Crippen LogP contribution in [0.5, 0.6) is 0 Å². The first kappa shape index (κ1) is 23.9. The quantitative estimate of drug-likeness (QED) is 0.541. The van der Waals surface area contributed by atoms with Crippen molar-refractivity contribution in [1.82, 2.24) is 0 Å². The highest BCUT2D eigenvalue weighted by molar-refractivity contribution is 7.08. The van der Waals surface area contributed by atoms with Crippen molar-refractivity contribution in [1.29, 1.82) is 0 Å². The highest BCUT2D eigenvalue weighted by Gasteiger charge is 2.57. The van der Waals surface area contributed by atoms with Gasteiger partial charge in [-0.15, -0.1) is 0 Å². The standard InChI is InChI=1S/C22H34OS.2C2H6/c1-4-15-13-24-14-16(15)12-21(2)10-5-6-17-18(21)9-11-22(3)19(17)7-8-20(22)23;2*1-2/h13-14,17-20,23H,4-12H2,1-3H3;2*1-2H3. The Bertz CT molecular complexity index is 593. The van der Waals surface area contributed by atoms with E-state index in [1.165, 1.54) is 51.4 Å². The summed E-state index contributed by atoms with van der Waals surface area (Å²) in [5.74, 6) is 2.52. The average molecular weight is 407 g/mol. The first-order valence-electron chi connectivity index (χ1n) is 12.2. The molecule has 3 aliphatic rings. The number of hydrogen-bond donors (Lipinski definition) is 1. The van der Waals surface area contributed by atoms with Gasteiger partial charge in [0, 0.05) is 0 Å². The second kappa shape index (κ2) is 10.1. The van der Waals surface area contributed by atoms with Crippen molar-refractivity contribution in [2.45, 2.75) is 112 Å². The number of aliphatic hydroxyl groups excluding tert-OH is 1. The third-order valence-corrected chi connectivity index (χ3v) is 9.22. The molecule has 3 aliphatic carbocycles. The molecule has 0 amide bonds. The van der Waals surface area contributed by atoms with Gasteiger partial charge in [0.1, 0.15) is 0 Å². The zero-order valence-electron chi connectivity index (χ0n) is 19.7. The zero-order valence-corrected chi connectivity index (χ0v) is 20.5. The van der Waals surface area contributed by atoms with Crippen LogP contribution in [0.3, 0.4) is 0 Å². The van der Waals surface area contributed by atoms with Crippen molar-refractivity contribution in [3.8, 4) is 0 Å². The number of aliphatic hydroxyl groups is 1. The minimum Gasteiger partial charge on any atom is -0.393 e. The largest absolute Gasteiger partial charge is 0.393 e. The Labute approximate surface area is 179 Å². The lowest BCUT2D eigenvalue weighted by molar-refractivity contribution is -0.0862. The first-order valence-corrected chi connectivity index (χ1v) is 13.1. The third-order valence-electron chi connectivity index (χ3n) is 8.38. The van der Waals surface area contributed by atoms with Crippen LogP contribution in [0.25, 0.3) is 0 Å². The van der Waals surface area contributed by atoms with Crippen LogP contribution in [0.4, 0.5) is 0 Å². The van der Waals surface area contributed by atoms with Gasteiger partial charge < -0.3 is 5.11 Å². The summed E-state index contributed by atoms with van der Waals surface area (Å²) in [4.78, 5) is 0. The molecule has 0 aromatic carbocycles. The summed E-state index contributed by atoms with van der Waals surface area (Å²) in [6.07, 6.45) is 11.5. The van der Waals surface area contributed by atoms with E-state index in [9.17, 15) is 5.11 Å². The van der Waals surface area contributed by atoms with E-state index in [1.807, 2.05) is 39.0 Å². The molecule has 28 heavy (non-hydrogen) atoms. The minimum absolute atomic E-state index is 0.0415. The van der Waals surface area contributed by atoms with Crippen LogP contribution >= 0.6 is 11.3 Å². The van der Waals surface area contributed by atoms with E-state index in [2.05, 4.69) is 31.5 Å². The van der Waals surface area contributed by atoms with Gasteiger partial charge >= 0.3 is 0 Å². The van der Waals surface area contributed by atoms with E-state index in [0.717, 1.165) is 24.2 Å². The van der Waals surface area contributed by atoms with E-state index in [-0.39, 0.29) is 11.5 Å². The highest BCUT2D eigenvalue weighted by Crippen LogP contribution is 2.63. The fourth-order valence-electron chi connectivity index (χ4n) is 6.92. The molecule has 1 N–H and O–H groups in total. The molecule has 4 rings (SSSR count). The Balaban J connectivity index is 0.000000660. The van der Waals surface area contributed by atoms with E-state index in [1.54, 1.807) is 11.1 Å². The molecule has 3 fully saturated rings.